The van der Waals surface area contributed by atoms with Crippen molar-refractivity contribution in [3.8, 4) is 11.5 Å². The number of amides is 2. The summed E-state index contributed by atoms with van der Waals surface area (Å²) in [6.07, 6.45) is 3.83. The molecule has 7 nitrogen and oxygen atoms in total. The van der Waals surface area contributed by atoms with Gasteiger partial charge in [0.2, 0.25) is 0 Å². The van der Waals surface area contributed by atoms with Crippen LogP contribution in [-0.2, 0) is 17.9 Å². The first-order chi connectivity index (χ1) is 17.6. The van der Waals surface area contributed by atoms with Gasteiger partial charge in [-0.1, -0.05) is 36.8 Å². The number of ether oxygens (including phenoxy) is 2. The summed E-state index contributed by atoms with van der Waals surface area (Å²) in [6, 6.07) is 22.2. The predicted octanol–water partition coefficient (Wildman–Crippen LogP) is 4.63. The van der Waals surface area contributed by atoms with Crippen LogP contribution in [-0.4, -0.2) is 43.5 Å². The molecule has 1 heterocycles. The molecule has 1 saturated heterocycles. The van der Waals surface area contributed by atoms with Gasteiger partial charge in [-0.3, -0.25) is 14.5 Å². The zero-order chi connectivity index (χ0) is 25.2. The summed E-state index contributed by atoms with van der Waals surface area (Å²) in [4.78, 5) is 27.4. The SMILES string of the molecule is COc1cccc(NC(=O)COc2ccc(C(=O)NCc3ccccc3CN3CCCCC3)cc2)c1. The number of methoxy groups -OCH3 is 1. The minimum Gasteiger partial charge on any atom is -0.497 e. The summed E-state index contributed by atoms with van der Waals surface area (Å²) in [6.45, 7) is 3.53. The molecule has 0 unspecified atom stereocenters. The topological polar surface area (TPSA) is 79.9 Å². The maximum absolute atomic E-state index is 12.7. The molecular formula is C29H33N3O4. The van der Waals surface area contributed by atoms with Crippen LogP contribution >= 0.6 is 0 Å². The Balaban J connectivity index is 1.25. The average Bonchev–Trinajstić information content (AvgIpc) is 2.92. The van der Waals surface area contributed by atoms with E-state index in [1.165, 1.54) is 24.8 Å². The van der Waals surface area contributed by atoms with Crippen molar-refractivity contribution in [2.45, 2.75) is 32.4 Å². The second kappa shape index (κ2) is 12.7. The van der Waals surface area contributed by atoms with Crippen molar-refractivity contribution in [3.05, 3.63) is 89.5 Å². The molecule has 0 bridgehead atoms. The quantitative estimate of drug-likeness (QED) is 0.436. The molecule has 0 atom stereocenters. The third kappa shape index (κ3) is 7.33. The number of carbonyl (C=O) groups is 2. The minimum absolute atomic E-state index is 0.142. The zero-order valence-corrected chi connectivity index (χ0v) is 20.7. The van der Waals surface area contributed by atoms with E-state index in [1.807, 2.05) is 6.07 Å². The monoisotopic (exact) mass is 487 g/mol. The summed E-state index contributed by atoms with van der Waals surface area (Å²) in [5.41, 5.74) is 3.57. The van der Waals surface area contributed by atoms with Gasteiger partial charge in [0.1, 0.15) is 11.5 Å². The van der Waals surface area contributed by atoms with Crippen molar-refractivity contribution in [1.29, 1.82) is 0 Å². The van der Waals surface area contributed by atoms with Crippen LogP contribution in [0.15, 0.2) is 72.8 Å². The second-order valence-electron chi connectivity index (χ2n) is 8.88. The molecule has 0 aromatic heterocycles. The maximum atomic E-state index is 12.7. The number of piperidine rings is 1. The normalized spacial score (nSPS) is 13.6. The molecule has 3 aromatic carbocycles. The van der Waals surface area contributed by atoms with E-state index >= 15 is 0 Å². The predicted molar refractivity (Wildman–Crippen MR) is 140 cm³/mol. The Kier molecular flexibility index (Phi) is 8.94. The summed E-state index contributed by atoms with van der Waals surface area (Å²) >= 11 is 0. The standard InChI is InChI=1S/C29H33N3O4/c1-35-27-11-7-10-25(18-27)31-28(33)21-36-26-14-12-22(13-15-26)29(34)30-19-23-8-3-4-9-24(23)20-32-16-5-2-6-17-32/h3-4,7-15,18H,2,5-6,16-17,19-21H2,1H3,(H,30,34)(H,31,33). The summed E-state index contributed by atoms with van der Waals surface area (Å²) < 4.78 is 10.7. The minimum atomic E-state index is -0.284. The van der Waals surface area contributed by atoms with Crippen molar-refractivity contribution in [1.82, 2.24) is 10.2 Å². The van der Waals surface area contributed by atoms with Gasteiger partial charge in [-0.15, -0.1) is 0 Å². The van der Waals surface area contributed by atoms with Gasteiger partial charge in [0.15, 0.2) is 6.61 Å². The van der Waals surface area contributed by atoms with Gasteiger partial charge < -0.3 is 20.1 Å². The van der Waals surface area contributed by atoms with Crippen LogP contribution in [0.5, 0.6) is 11.5 Å². The van der Waals surface area contributed by atoms with Crippen molar-refractivity contribution >= 4 is 17.5 Å². The Hall–Kier alpha value is -3.84. The van der Waals surface area contributed by atoms with E-state index in [0.717, 1.165) is 25.2 Å². The Bertz CT molecular complexity index is 1160. The van der Waals surface area contributed by atoms with Crippen molar-refractivity contribution in [2.75, 3.05) is 32.1 Å². The lowest BCUT2D eigenvalue weighted by Gasteiger charge is -2.27. The fourth-order valence-corrected chi connectivity index (χ4v) is 4.27. The summed E-state index contributed by atoms with van der Waals surface area (Å²) in [5.74, 6) is 0.741. The summed E-state index contributed by atoms with van der Waals surface area (Å²) in [5, 5.41) is 5.79. The number of nitrogens with one attached hydrogen (secondary N) is 2. The fourth-order valence-electron chi connectivity index (χ4n) is 4.27. The number of carbonyl (C=O) groups excluding carboxylic acids is 2. The number of likely N-dealkylation sites (tertiary alicyclic amines) is 1. The summed E-state index contributed by atoms with van der Waals surface area (Å²) in [7, 11) is 1.57. The van der Waals surface area contributed by atoms with Crippen molar-refractivity contribution < 1.29 is 19.1 Å². The molecular weight excluding hydrogens is 454 g/mol. The molecule has 3 aromatic rings. The molecule has 4 rings (SSSR count). The van der Waals surface area contributed by atoms with Crippen LogP contribution in [0.4, 0.5) is 5.69 Å². The Labute approximate surface area is 212 Å². The molecule has 0 saturated carbocycles. The highest BCUT2D eigenvalue weighted by atomic mass is 16.5. The first-order valence-corrected chi connectivity index (χ1v) is 12.3. The van der Waals surface area contributed by atoms with Crippen LogP contribution in [0.3, 0.4) is 0 Å². The highest BCUT2D eigenvalue weighted by molar-refractivity contribution is 5.94. The van der Waals surface area contributed by atoms with E-state index in [0.29, 0.717) is 29.3 Å². The van der Waals surface area contributed by atoms with Gasteiger partial charge in [0.25, 0.3) is 11.8 Å². The maximum Gasteiger partial charge on any atom is 0.262 e. The van der Waals surface area contributed by atoms with E-state index < -0.39 is 0 Å². The van der Waals surface area contributed by atoms with E-state index in [9.17, 15) is 9.59 Å². The van der Waals surface area contributed by atoms with Gasteiger partial charge in [0, 0.05) is 30.4 Å². The van der Waals surface area contributed by atoms with Crippen molar-refractivity contribution in [2.24, 2.45) is 0 Å². The van der Waals surface area contributed by atoms with E-state index in [-0.39, 0.29) is 18.4 Å². The molecule has 1 aliphatic heterocycles. The highest BCUT2D eigenvalue weighted by Gasteiger charge is 2.13. The molecule has 7 heteroatoms. The Morgan fingerprint density at radius 3 is 2.36 bits per heavy atom. The van der Waals surface area contributed by atoms with Crippen LogP contribution in [0.25, 0.3) is 0 Å². The second-order valence-corrected chi connectivity index (χ2v) is 8.88. The molecule has 2 N–H and O–H groups in total. The van der Waals surface area contributed by atoms with E-state index in [2.05, 4.69) is 33.7 Å². The lowest BCUT2D eigenvalue weighted by molar-refractivity contribution is -0.118. The number of rotatable bonds is 10. The van der Waals surface area contributed by atoms with Crippen LogP contribution in [0, 0.1) is 0 Å². The number of nitrogens with zero attached hydrogens (tertiary/aromatic N) is 1. The third-order valence-corrected chi connectivity index (χ3v) is 6.24. The largest absolute Gasteiger partial charge is 0.497 e. The molecule has 0 aliphatic carbocycles. The van der Waals surface area contributed by atoms with Gasteiger partial charge in [-0.2, -0.15) is 0 Å². The van der Waals surface area contributed by atoms with Gasteiger partial charge in [-0.25, -0.2) is 0 Å². The fraction of sp³-hybridized carbons (Fsp3) is 0.310. The molecule has 1 aliphatic rings. The highest BCUT2D eigenvalue weighted by Crippen LogP contribution is 2.18. The number of benzene rings is 3. The van der Waals surface area contributed by atoms with Gasteiger partial charge in [-0.05, 0) is 73.5 Å². The van der Waals surface area contributed by atoms with Crippen molar-refractivity contribution in [3.63, 3.8) is 0 Å². The van der Waals surface area contributed by atoms with Gasteiger partial charge >= 0.3 is 0 Å². The van der Waals surface area contributed by atoms with E-state index in [4.69, 9.17) is 9.47 Å². The Morgan fingerprint density at radius 2 is 1.61 bits per heavy atom. The third-order valence-electron chi connectivity index (χ3n) is 6.24. The van der Waals surface area contributed by atoms with E-state index in [1.54, 1.807) is 55.6 Å². The first-order valence-electron chi connectivity index (χ1n) is 12.3. The number of anilines is 1. The smallest absolute Gasteiger partial charge is 0.262 e. The number of hydrogen-bond donors (Lipinski definition) is 2. The molecule has 36 heavy (non-hydrogen) atoms. The van der Waals surface area contributed by atoms with Crippen LogP contribution < -0.4 is 20.1 Å². The zero-order valence-electron chi connectivity index (χ0n) is 20.7. The lowest BCUT2D eigenvalue weighted by Crippen LogP contribution is -2.30. The molecule has 0 radical (unpaired) electrons. The first kappa shape index (κ1) is 25.3. The molecule has 188 valence electrons. The Morgan fingerprint density at radius 1 is 0.861 bits per heavy atom. The number of hydrogen-bond acceptors (Lipinski definition) is 5. The van der Waals surface area contributed by atoms with Crippen LogP contribution in [0.2, 0.25) is 0 Å². The molecule has 1 fully saturated rings. The van der Waals surface area contributed by atoms with Crippen LogP contribution in [0.1, 0.15) is 40.7 Å². The van der Waals surface area contributed by atoms with Gasteiger partial charge in [0.05, 0.1) is 7.11 Å². The lowest BCUT2D eigenvalue weighted by atomic mass is 10.0. The molecule has 2 amide bonds. The molecule has 0 spiro atoms. The average molecular weight is 488 g/mol.